The van der Waals surface area contributed by atoms with Gasteiger partial charge in [-0.3, -0.25) is 19.3 Å². The van der Waals surface area contributed by atoms with Gasteiger partial charge >= 0.3 is 6.35 Å². The monoisotopic (exact) mass is 388 g/mol. The Hall–Kier alpha value is -0.610. The lowest BCUT2D eigenvalue weighted by Gasteiger charge is -2.62. The summed E-state index contributed by atoms with van der Waals surface area (Å²) in [6, 6.07) is 0. The normalized spacial score (nSPS) is 41.4. The van der Waals surface area contributed by atoms with E-state index in [1.807, 2.05) is 0 Å². The third-order valence-corrected chi connectivity index (χ3v) is 7.44. The first-order valence-electron chi connectivity index (χ1n) is 10.1. The average molecular weight is 389 g/mol. The molecule has 0 saturated carbocycles. The summed E-state index contributed by atoms with van der Waals surface area (Å²) >= 11 is 0. The number of rotatable bonds is 8. The van der Waals surface area contributed by atoms with E-state index >= 15 is 0 Å². The Labute approximate surface area is 160 Å². The van der Waals surface area contributed by atoms with Gasteiger partial charge in [-0.15, -0.1) is 0 Å². The lowest BCUT2D eigenvalue weighted by atomic mass is 9.54. The quantitative estimate of drug-likeness (QED) is 0.253. The van der Waals surface area contributed by atoms with Crippen LogP contribution in [0.4, 0.5) is 0 Å². The molecular weight excluding hydrogens is 352 g/mol. The minimum Gasteiger partial charge on any atom is -0.394 e. The van der Waals surface area contributed by atoms with Crippen LogP contribution in [0.3, 0.4) is 0 Å². The van der Waals surface area contributed by atoms with Gasteiger partial charge in [0.25, 0.3) is 0 Å². The molecule has 0 radical (unpaired) electrons. The number of aliphatic hydroxyl groups is 4. The van der Waals surface area contributed by atoms with Crippen LogP contribution in [0.2, 0.25) is 0 Å². The SMILES string of the molecule is CC(C)C12C[NH+]3CC(C(C)C)(C[NH+](C1)C3OC[C@@H](O)[C@H](O)[C@H](O)CO)C2=O. The van der Waals surface area contributed by atoms with Crippen LogP contribution < -0.4 is 9.80 Å². The van der Waals surface area contributed by atoms with Gasteiger partial charge in [0.15, 0.2) is 5.78 Å². The molecule has 4 rings (SSSR count). The second-order valence-corrected chi connectivity index (χ2v) is 9.50. The van der Waals surface area contributed by atoms with Gasteiger partial charge in [-0.1, -0.05) is 27.7 Å². The lowest BCUT2D eigenvalue weighted by molar-refractivity contribution is -1.19. The van der Waals surface area contributed by atoms with Crippen molar-refractivity contribution in [2.45, 2.75) is 52.4 Å². The highest BCUT2D eigenvalue weighted by Crippen LogP contribution is 2.43. The van der Waals surface area contributed by atoms with Gasteiger partial charge in [-0.25, -0.2) is 0 Å². The minimum atomic E-state index is -1.45. The maximum atomic E-state index is 13.5. The maximum absolute atomic E-state index is 13.5. The van der Waals surface area contributed by atoms with Gasteiger partial charge < -0.3 is 20.4 Å². The van der Waals surface area contributed by atoms with Crippen molar-refractivity contribution in [3.8, 4) is 0 Å². The molecule has 156 valence electrons. The van der Waals surface area contributed by atoms with Crippen LogP contribution in [0.15, 0.2) is 0 Å². The van der Waals surface area contributed by atoms with Crippen molar-refractivity contribution in [3.05, 3.63) is 0 Å². The number of quaternary nitrogens is 2. The molecule has 0 amide bonds. The Bertz CT molecular complexity index is 522. The summed E-state index contributed by atoms with van der Waals surface area (Å²) in [7, 11) is 0. The Morgan fingerprint density at radius 3 is 1.78 bits per heavy atom. The number of hydrogen-bond acceptors (Lipinski definition) is 6. The van der Waals surface area contributed by atoms with Gasteiger partial charge in [0.1, 0.15) is 55.3 Å². The average Bonchev–Trinajstić information content (AvgIpc) is 2.61. The van der Waals surface area contributed by atoms with Crippen LogP contribution in [0.25, 0.3) is 0 Å². The van der Waals surface area contributed by atoms with Gasteiger partial charge in [0.05, 0.1) is 13.2 Å². The van der Waals surface area contributed by atoms with Gasteiger partial charge in [-0.05, 0) is 11.8 Å². The second kappa shape index (κ2) is 7.33. The highest BCUT2D eigenvalue weighted by molar-refractivity contribution is 5.92. The standard InChI is InChI=1S/C19H34N2O6/c1-11(2)18-7-20-9-19(12(3)4,16(18)26)10-21(8-18)17(20)27-6-14(24)15(25)13(23)5-22/h11-15,17,22-25H,5-10H2,1-4H3/p+2/t13-,14-,15-,17?,18?,19?/m1/s1. The van der Waals surface area contributed by atoms with Crippen LogP contribution in [-0.2, 0) is 9.53 Å². The fourth-order valence-electron chi connectivity index (χ4n) is 5.58. The van der Waals surface area contributed by atoms with Crippen molar-refractivity contribution < 1.29 is 39.8 Å². The van der Waals surface area contributed by atoms with Crippen LogP contribution in [-0.4, -0.2) is 90.3 Å². The largest absolute Gasteiger partial charge is 0.394 e. The number of hydrogen-bond donors (Lipinski definition) is 6. The fourth-order valence-corrected chi connectivity index (χ4v) is 5.58. The predicted molar refractivity (Wildman–Crippen MR) is 95.8 cm³/mol. The first-order chi connectivity index (χ1) is 12.6. The molecule has 27 heavy (non-hydrogen) atoms. The molecule has 4 heterocycles. The van der Waals surface area contributed by atoms with Crippen molar-refractivity contribution in [1.82, 2.24) is 0 Å². The van der Waals surface area contributed by atoms with E-state index in [4.69, 9.17) is 9.84 Å². The number of aliphatic hydroxyl groups excluding tert-OH is 4. The molecule has 0 spiro atoms. The molecule has 4 saturated heterocycles. The Morgan fingerprint density at radius 1 is 0.963 bits per heavy atom. The van der Waals surface area contributed by atoms with E-state index in [2.05, 4.69) is 27.7 Å². The number of ketones is 1. The zero-order chi connectivity index (χ0) is 20.1. The molecular formula is C19H36N2O6+2. The van der Waals surface area contributed by atoms with Crippen LogP contribution in [0.5, 0.6) is 0 Å². The molecule has 4 aliphatic heterocycles. The van der Waals surface area contributed by atoms with E-state index in [0.29, 0.717) is 5.78 Å². The molecule has 0 aromatic heterocycles. The van der Waals surface area contributed by atoms with Crippen LogP contribution >= 0.6 is 0 Å². The summed E-state index contributed by atoms with van der Waals surface area (Å²) in [6.07, 6.45) is -4.31. The van der Waals surface area contributed by atoms with E-state index < -0.39 is 24.9 Å². The van der Waals surface area contributed by atoms with Crippen molar-refractivity contribution in [2.24, 2.45) is 22.7 Å². The molecule has 0 aromatic rings. The minimum absolute atomic E-state index is 0.118. The Morgan fingerprint density at radius 2 is 1.41 bits per heavy atom. The number of carbonyl (C=O) groups is 1. The molecule has 8 nitrogen and oxygen atoms in total. The fraction of sp³-hybridized carbons (Fsp3) is 0.947. The van der Waals surface area contributed by atoms with Crippen LogP contribution in [0.1, 0.15) is 27.7 Å². The van der Waals surface area contributed by atoms with Crippen molar-refractivity contribution in [3.63, 3.8) is 0 Å². The molecule has 4 bridgehead atoms. The van der Waals surface area contributed by atoms with Gasteiger partial charge in [0, 0.05) is 0 Å². The van der Waals surface area contributed by atoms with Crippen molar-refractivity contribution in [2.75, 3.05) is 39.4 Å². The highest BCUT2D eigenvalue weighted by Gasteiger charge is 2.73. The van der Waals surface area contributed by atoms with Crippen molar-refractivity contribution in [1.29, 1.82) is 0 Å². The summed E-state index contributed by atoms with van der Waals surface area (Å²) in [5.74, 6) is 0.955. The third kappa shape index (κ3) is 3.15. The predicted octanol–water partition coefficient (Wildman–Crippen LogP) is -3.97. The van der Waals surface area contributed by atoms with E-state index in [-0.39, 0.29) is 35.6 Å². The number of Topliss-reactive ketones (excluding diaryl/α,β-unsaturated/α-hetero) is 1. The van der Waals surface area contributed by atoms with Crippen LogP contribution in [0, 0.1) is 22.7 Å². The first kappa shape index (κ1) is 21.1. The topological polar surface area (TPSA) is 116 Å². The number of piperidine rings is 2. The third-order valence-electron chi connectivity index (χ3n) is 7.44. The number of ether oxygens (including phenoxy) is 1. The molecule has 3 atom stereocenters. The Kier molecular flexibility index (Phi) is 5.73. The number of nitrogens with one attached hydrogen (secondary N) is 2. The molecule has 4 aliphatic rings. The molecule has 4 fully saturated rings. The molecule has 6 N–H and O–H groups in total. The number of carbonyl (C=O) groups excluding carboxylic acids is 1. The van der Waals surface area contributed by atoms with E-state index in [9.17, 15) is 20.1 Å². The summed E-state index contributed by atoms with van der Waals surface area (Å²) in [6.45, 7) is 10.7. The maximum Gasteiger partial charge on any atom is 0.329 e. The molecule has 0 aliphatic carbocycles. The highest BCUT2D eigenvalue weighted by atomic mass is 16.5. The van der Waals surface area contributed by atoms with Crippen molar-refractivity contribution >= 4 is 5.78 Å². The smallest absolute Gasteiger partial charge is 0.329 e. The second-order valence-electron chi connectivity index (χ2n) is 9.50. The molecule has 0 unspecified atom stereocenters. The summed E-state index contributed by atoms with van der Waals surface area (Å²) in [5.41, 5.74) is -0.646. The first-order valence-corrected chi connectivity index (χ1v) is 10.1. The van der Waals surface area contributed by atoms with Gasteiger partial charge in [-0.2, -0.15) is 0 Å². The molecule has 8 heteroatoms. The van der Waals surface area contributed by atoms with E-state index in [0.717, 1.165) is 26.2 Å². The summed E-state index contributed by atoms with van der Waals surface area (Å²) in [4.78, 5) is 15.9. The van der Waals surface area contributed by atoms with E-state index in [1.54, 1.807) is 0 Å². The van der Waals surface area contributed by atoms with Gasteiger partial charge in [0.2, 0.25) is 0 Å². The zero-order valence-electron chi connectivity index (χ0n) is 16.8. The summed E-state index contributed by atoms with van der Waals surface area (Å²) in [5, 5.41) is 38.3. The lowest BCUT2D eigenvalue weighted by Crippen LogP contribution is -3.45. The van der Waals surface area contributed by atoms with E-state index in [1.165, 1.54) is 9.80 Å². The zero-order valence-corrected chi connectivity index (χ0v) is 16.8. The summed E-state index contributed by atoms with van der Waals surface area (Å²) < 4.78 is 5.99. The molecule has 0 aromatic carbocycles. The Balaban J connectivity index is 1.75.